The van der Waals surface area contributed by atoms with E-state index in [9.17, 15) is 18.4 Å². The zero-order chi connectivity index (χ0) is 16.1. The van der Waals surface area contributed by atoms with Gasteiger partial charge in [0, 0.05) is 6.07 Å². The molecule has 116 valence electrons. The van der Waals surface area contributed by atoms with E-state index in [1.165, 1.54) is 13.3 Å². The largest absolute Gasteiger partial charge is 0.451 e. The van der Waals surface area contributed by atoms with Gasteiger partial charge in [-0.3, -0.25) is 9.59 Å². The number of anilines is 1. The van der Waals surface area contributed by atoms with Crippen LogP contribution in [0.4, 0.5) is 14.5 Å². The van der Waals surface area contributed by atoms with Crippen molar-refractivity contribution in [3.63, 3.8) is 0 Å². The fourth-order valence-electron chi connectivity index (χ4n) is 1.50. The van der Waals surface area contributed by atoms with Crippen molar-refractivity contribution in [1.29, 1.82) is 0 Å². The van der Waals surface area contributed by atoms with Crippen LogP contribution in [0.5, 0.6) is 0 Å². The van der Waals surface area contributed by atoms with Crippen molar-refractivity contribution in [3.05, 3.63) is 36.2 Å². The lowest BCUT2D eigenvalue weighted by molar-refractivity contribution is -0.153. The third-order valence-corrected chi connectivity index (χ3v) is 2.55. The number of nitrogens with zero attached hydrogens (tertiary/aromatic N) is 4. The monoisotopic (exact) mass is 311 g/mol. The summed E-state index contributed by atoms with van der Waals surface area (Å²) in [6.07, 6.45) is 0.000323. The van der Waals surface area contributed by atoms with E-state index in [-0.39, 0.29) is 12.2 Å². The lowest BCUT2D eigenvalue weighted by atomic mass is 10.2. The van der Waals surface area contributed by atoms with Gasteiger partial charge in [-0.2, -0.15) is 0 Å². The number of ether oxygens (including phenoxy) is 1. The van der Waals surface area contributed by atoms with Crippen molar-refractivity contribution in [2.24, 2.45) is 0 Å². The molecule has 2 rings (SSSR count). The van der Waals surface area contributed by atoms with Crippen LogP contribution in [0, 0.1) is 11.6 Å². The number of aromatic nitrogens is 4. The molecular weight excluding hydrogens is 300 g/mol. The molecule has 0 aliphatic carbocycles. The highest BCUT2D eigenvalue weighted by molar-refractivity contribution is 5.95. The maximum Gasteiger partial charge on any atom is 0.328 e. The van der Waals surface area contributed by atoms with Crippen LogP contribution >= 0.6 is 0 Å². The summed E-state index contributed by atoms with van der Waals surface area (Å²) in [7, 11) is 0. The summed E-state index contributed by atoms with van der Waals surface area (Å²) >= 11 is 0. The van der Waals surface area contributed by atoms with Crippen LogP contribution in [0.25, 0.3) is 0 Å². The Morgan fingerprint density at radius 3 is 2.86 bits per heavy atom. The molecule has 1 N–H and O–H groups in total. The van der Waals surface area contributed by atoms with Crippen molar-refractivity contribution >= 4 is 17.6 Å². The van der Waals surface area contributed by atoms with Gasteiger partial charge >= 0.3 is 5.97 Å². The van der Waals surface area contributed by atoms with E-state index in [0.29, 0.717) is 0 Å². The summed E-state index contributed by atoms with van der Waals surface area (Å²) in [5, 5.41) is 12.3. The van der Waals surface area contributed by atoms with Gasteiger partial charge in [0.1, 0.15) is 24.5 Å². The molecule has 0 spiro atoms. The van der Waals surface area contributed by atoms with Gasteiger partial charge < -0.3 is 10.1 Å². The maximum absolute atomic E-state index is 13.4. The van der Waals surface area contributed by atoms with Crippen LogP contribution in [0.15, 0.2) is 24.5 Å². The van der Waals surface area contributed by atoms with E-state index < -0.39 is 29.6 Å². The van der Waals surface area contributed by atoms with E-state index in [4.69, 9.17) is 4.74 Å². The number of hydrogen-bond donors (Lipinski definition) is 1. The van der Waals surface area contributed by atoms with Crippen LogP contribution in [0.1, 0.15) is 6.92 Å². The summed E-state index contributed by atoms with van der Waals surface area (Å²) in [5.74, 6) is -3.06. The summed E-state index contributed by atoms with van der Waals surface area (Å²) in [6, 6.07) is 2.61. The first kappa shape index (κ1) is 15.5. The Morgan fingerprint density at radius 2 is 2.18 bits per heavy atom. The minimum Gasteiger partial charge on any atom is -0.451 e. The number of esters is 1. The van der Waals surface area contributed by atoms with Crippen LogP contribution in [-0.4, -0.2) is 38.2 Å². The fraction of sp³-hybridized carbons (Fsp3) is 0.250. The van der Waals surface area contributed by atoms with Gasteiger partial charge in [-0.25, -0.2) is 13.5 Å². The van der Waals surface area contributed by atoms with E-state index in [1.807, 2.05) is 0 Å². The highest BCUT2D eigenvalue weighted by Gasteiger charge is 2.19. The molecule has 1 amide bonds. The number of amides is 1. The van der Waals surface area contributed by atoms with E-state index in [1.54, 1.807) is 0 Å². The predicted octanol–water partition coefficient (Wildman–Crippen LogP) is 0.522. The van der Waals surface area contributed by atoms with E-state index >= 15 is 0 Å². The van der Waals surface area contributed by atoms with Gasteiger partial charge in [-0.1, -0.05) is 0 Å². The SMILES string of the molecule is C[C@@H](OC(=O)Cn1cnnn1)C(=O)Nc1cc(F)ccc1F. The van der Waals surface area contributed by atoms with Crippen molar-refractivity contribution in [2.45, 2.75) is 19.6 Å². The number of hydrogen-bond acceptors (Lipinski definition) is 6. The van der Waals surface area contributed by atoms with Gasteiger partial charge in [-0.15, -0.1) is 5.10 Å². The number of halogens is 2. The standard InChI is InChI=1S/C12H11F2N5O3/c1-7(22-11(20)5-19-6-15-17-18-19)12(21)16-10-4-8(13)2-3-9(10)14/h2-4,6-7H,5H2,1H3,(H,16,21)/t7-/m1/s1. The smallest absolute Gasteiger partial charge is 0.328 e. The Hall–Kier alpha value is -2.91. The van der Waals surface area contributed by atoms with Gasteiger partial charge in [0.2, 0.25) is 0 Å². The molecule has 0 aliphatic rings. The number of rotatable bonds is 5. The molecule has 1 aromatic carbocycles. The predicted molar refractivity (Wildman–Crippen MR) is 68.4 cm³/mol. The Morgan fingerprint density at radius 1 is 1.41 bits per heavy atom. The third-order valence-electron chi connectivity index (χ3n) is 2.55. The fourth-order valence-corrected chi connectivity index (χ4v) is 1.50. The van der Waals surface area contributed by atoms with Crippen molar-refractivity contribution < 1.29 is 23.1 Å². The Labute approximate surface area is 123 Å². The highest BCUT2D eigenvalue weighted by atomic mass is 19.1. The van der Waals surface area contributed by atoms with Crippen LogP contribution in [-0.2, 0) is 20.9 Å². The molecule has 2 aromatic rings. The number of carbonyl (C=O) groups is 2. The van der Waals surface area contributed by atoms with Gasteiger partial charge in [0.15, 0.2) is 6.10 Å². The zero-order valence-electron chi connectivity index (χ0n) is 11.4. The highest BCUT2D eigenvalue weighted by Crippen LogP contribution is 2.15. The first-order valence-corrected chi connectivity index (χ1v) is 6.12. The molecule has 1 heterocycles. The molecule has 10 heteroatoms. The van der Waals surface area contributed by atoms with Crippen molar-refractivity contribution in [3.8, 4) is 0 Å². The molecule has 0 aliphatic heterocycles. The minimum atomic E-state index is -1.20. The number of carbonyl (C=O) groups excluding carboxylic acids is 2. The zero-order valence-corrected chi connectivity index (χ0v) is 11.4. The topological polar surface area (TPSA) is 99.0 Å². The molecule has 22 heavy (non-hydrogen) atoms. The number of benzene rings is 1. The average molecular weight is 311 g/mol. The third kappa shape index (κ3) is 4.04. The molecule has 0 bridgehead atoms. The summed E-state index contributed by atoms with van der Waals surface area (Å²) in [6.45, 7) is 1.02. The molecule has 1 atom stereocenters. The molecule has 0 saturated heterocycles. The van der Waals surface area contributed by atoms with Crippen LogP contribution < -0.4 is 5.32 Å². The lowest BCUT2D eigenvalue weighted by Gasteiger charge is -2.13. The number of tetrazole rings is 1. The molecule has 0 unspecified atom stereocenters. The second kappa shape index (κ2) is 6.70. The van der Waals surface area contributed by atoms with Gasteiger partial charge in [0.05, 0.1) is 5.69 Å². The van der Waals surface area contributed by atoms with Crippen LogP contribution in [0.3, 0.4) is 0 Å². The lowest BCUT2D eigenvalue weighted by Crippen LogP contribution is -2.31. The Kier molecular flexibility index (Phi) is 4.71. The second-order valence-corrected chi connectivity index (χ2v) is 4.25. The van der Waals surface area contributed by atoms with Crippen LogP contribution in [0.2, 0.25) is 0 Å². The first-order valence-electron chi connectivity index (χ1n) is 6.12. The molecule has 1 aromatic heterocycles. The summed E-state index contributed by atoms with van der Waals surface area (Å²) in [5.41, 5.74) is -0.339. The van der Waals surface area contributed by atoms with Gasteiger partial charge in [-0.05, 0) is 29.5 Å². The molecule has 8 nitrogen and oxygen atoms in total. The summed E-state index contributed by atoms with van der Waals surface area (Å²) < 4.78 is 32.3. The molecular formula is C12H11F2N5O3. The molecule has 0 radical (unpaired) electrons. The second-order valence-electron chi connectivity index (χ2n) is 4.25. The normalized spacial score (nSPS) is 11.8. The molecule has 0 fully saturated rings. The van der Waals surface area contributed by atoms with E-state index in [2.05, 4.69) is 20.8 Å². The minimum absolute atomic E-state index is 0.279. The Bertz CT molecular complexity index is 677. The Balaban J connectivity index is 1.91. The van der Waals surface area contributed by atoms with Crippen molar-refractivity contribution in [2.75, 3.05) is 5.32 Å². The van der Waals surface area contributed by atoms with E-state index in [0.717, 1.165) is 22.9 Å². The maximum atomic E-state index is 13.4. The summed E-state index contributed by atoms with van der Waals surface area (Å²) in [4.78, 5) is 23.3. The molecule has 0 saturated carbocycles. The van der Waals surface area contributed by atoms with Crippen molar-refractivity contribution in [1.82, 2.24) is 20.2 Å². The quantitative estimate of drug-likeness (QED) is 0.808. The average Bonchev–Trinajstić information content (AvgIpc) is 2.95. The van der Waals surface area contributed by atoms with Gasteiger partial charge in [0.25, 0.3) is 5.91 Å². The number of nitrogens with one attached hydrogen (secondary N) is 1. The first-order chi connectivity index (χ1) is 10.5.